The minimum Gasteiger partial charge on any atom is -0.394 e. The Morgan fingerprint density at radius 2 is 0.586 bits per heavy atom. The van der Waals surface area contributed by atoms with Crippen molar-refractivity contribution in [2.75, 3.05) is 39.6 Å². The molecule has 87 heavy (non-hydrogen) atoms. The summed E-state index contributed by atoms with van der Waals surface area (Å²) in [5, 5.41) is 236. The van der Waals surface area contributed by atoms with Gasteiger partial charge in [-0.1, -0.05) is 0 Å². The third kappa shape index (κ3) is 14.7. The van der Waals surface area contributed by atoms with E-state index in [4.69, 9.17) is 82.5 Å². The van der Waals surface area contributed by atoms with E-state index in [9.17, 15) is 112 Å². The molecule has 0 radical (unpaired) electrons. The maximum atomic E-state index is 12.2. The van der Waals surface area contributed by atoms with Gasteiger partial charge in [0, 0.05) is 0 Å². The zero-order valence-electron chi connectivity index (χ0n) is 46.5. The fraction of sp³-hybridized carbons (Fsp3) is 1.00. The Balaban J connectivity index is 1.10. The summed E-state index contributed by atoms with van der Waals surface area (Å²) in [5.41, 5.74) is 13.5. The van der Waals surface area contributed by atoms with E-state index in [-0.39, 0.29) is 0 Å². The Bertz CT molecular complexity index is 2110. The van der Waals surface area contributed by atoms with Crippen LogP contribution in [0.15, 0.2) is 0 Å². The third-order valence-electron chi connectivity index (χ3n) is 16.7. The lowest BCUT2D eigenvalue weighted by atomic mass is 9.94. The van der Waals surface area contributed by atoms with Crippen LogP contribution in [0.4, 0.5) is 0 Å². The van der Waals surface area contributed by atoms with E-state index in [2.05, 4.69) is 0 Å². The van der Waals surface area contributed by atoms with Gasteiger partial charge in [0.1, 0.15) is 171 Å². The van der Waals surface area contributed by atoms with Crippen molar-refractivity contribution >= 4 is 0 Å². The van der Waals surface area contributed by atoms with Gasteiger partial charge in [0.15, 0.2) is 50.3 Å². The first-order valence-corrected chi connectivity index (χ1v) is 28.0. The summed E-state index contributed by atoms with van der Waals surface area (Å²) in [5.74, 6) is 0. The smallest absolute Gasteiger partial charge is 0.187 e. The monoisotopic (exact) mass is 1280 g/mol. The lowest BCUT2D eigenvalue weighted by Gasteiger charge is -2.51. The average molecular weight is 1280 g/mol. The summed E-state index contributed by atoms with van der Waals surface area (Å²) in [7, 11) is 0. The average Bonchev–Trinajstić information content (AvgIpc) is 1.00. The van der Waals surface area contributed by atoms with Gasteiger partial charge in [-0.2, -0.15) is 0 Å². The van der Waals surface area contributed by atoms with Crippen LogP contribution in [0.25, 0.3) is 0 Å². The molecule has 0 spiro atoms. The van der Waals surface area contributed by atoms with Gasteiger partial charge in [-0.25, -0.2) is 0 Å². The predicted molar refractivity (Wildman–Crippen MR) is 266 cm³/mol. The lowest BCUT2D eigenvalue weighted by Crippen LogP contribution is -2.70. The normalized spacial score (nSPS) is 54.6. The molecule has 0 amide bonds. The van der Waals surface area contributed by atoms with Crippen molar-refractivity contribution in [2.45, 2.75) is 259 Å². The summed E-state index contributed by atoms with van der Waals surface area (Å²) in [6, 6.07) is -3.65. The van der Waals surface area contributed by atoms with Crippen molar-refractivity contribution in [1.29, 1.82) is 0 Å². The zero-order chi connectivity index (χ0) is 63.9. The molecule has 39 heteroatoms. The second-order valence-electron chi connectivity index (χ2n) is 22.6. The van der Waals surface area contributed by atoms with Crippen LogP contribution in [-0.4, -0.2) is 398 Å². The number of rotatable bonds is 20. The molecule has 8 aliphatic heterocycles. The van der Waals surface area contributed by atoms with Crippen molar-refractivity contribution in [3.8, 4) is 0 Å². The minimum absolute atomic E-state index is 0.905. The molecule has 26 N–H and O–H groups in total. The SMILES string of the molecule is CC1OC(OC2C(N)[C@H](OCC3O[C@@H](O[C@@H]4C(CO)O[C@@H](O)C(O)C4O)C(O)C(O[C@@H]4OC(CO)[C@@H](O[C@@H]5OC(C)[C@@H](O)C(O)C5O)C(O[C@@H]5OC(CO)[C@H](O)C(O)C5O)C4N)[C@H]3O)OC(CO)[C@H]2O[C@@H]2OC(CO)[C@H](O)C(O)C2O)C(O)C(O)[C@@H]1O. The van der Waals surface area contributed by atoms with Gasteiger partial charge in [0.05, 0.1) is 63.9 Å². The van der Waals surface area contributed by atoms with Crippen LogP contribution in [0.2, 0.25) is 0 Å². The van der Waals surface area contributed by atoms with Crippen LogP contribution >= 0.6 is 0 Å². The zero-order valence-corrected chi connectivity index (χ0v) is 46.5. The molecular weight excluding hydrogens is 1200 g/mol. The van der Waals surface area contributed by atoms with Gasteiger partial charge in [-0.3, -0.25) is 0 Å². The molecule has 40 atom stereocenters. The van der Waals surface area contributed by atoms with E-state index in [0.717, 1.165) is 0 Å². The first-order valence-electron chi connectivity index (χ1n) is 28.0. The van der Waals surface area contributed by atoms with Crippen molar-refractivity contribution in [1.82, 2.24) is 0 Å². The Morgan fingerprint density at radius 3 is 1.02 bits per heavy atom. The van der Waals surface area contributed by atoms with E-state index in [1.807, 2.05) is 0 Å². The van der Waals surface area contributed by atoms with Gasteiger partial charge in [0.2, 0.25) is 0 Å². The fourth-order valence-electron chi connectivity index (χ4n) is 11.4. The maximum absolute atomic E-state index is 12.2. The van der Waals surface area contributed by atoms with Gasteiger partial charge < -0.3 is 195 Å². The topological polar surface area (TPSA) is 636 Å². The number of hydrogen-bond acceptors (Lipinski definition) is 39. The molecule has 0 aromatic carbocycles. The van der Waals surface area contributed by atoms with Gasteiger partial charge >= 0.3 is 0 Å². The minimum atomic E-state index is -2.32. The molecule has 8 rings (SSSR count). The summed E-state index contributed by atoms with van der Waals surface area (Å²) in [4.78, 5) is 0. The second-order valence-corrected chi connectivity index (χ2v) is 22.6. The summed E-state index contributed by atoms with van der Waals surface area (Å²) < 4.78 is 87.9. The van der Waals surface area contributed by atoms with Crippen LogP contribution in [0.1, 0.15) is 13.8 Å². The van der Waals surface area contributed by atoms with E-state index >= 15 is 0 Å². The van der Waals surface area contributed by atoms with Crippen molar-refractivity contribution in [3.05, 3.63) is 0 Å². The van der Waals surface area contributed by atoms with Crippen LogP contribution in [-0.2, 0) is 71.1 Å². The molecule has 8 saturated heterocycles. The predicted octanol–water partition coefficient (Wildman–Crippen LogP) is -16.5. The molecule has 0 aromatic rings. The standard InChI is InChI=1S/C48H84N2O37/c1-9-19(56)24(61)30(67)44(74-9)83-37-15(7-55)80-43(18(50)39(37)86-47-33(70)27(64)22(59)12(4-52)78-47)87-40-23(60)16(81-48(34(40)71)82-35-13(5-53)76-41(72)29(66)28(35)65)8-73-42-17(49)38(85-45-31(68)25(62)20(57)10(2)75-45)36(14(6-54)79-42)84-46-32(69)26(63)21(58)11(3-51)77-46/h9-48,51-72H,3-8,49-50H2,1-2H3/t9?,10?,11?,12?,13?,14?,15?,16?,17?,18?,19-,20-,21+,22+,23+,24?,25?,26?,27?,28?,29?,30?,31?,32?,33?,34?,35-,36-,37-,38?,39?,40?,41-,42-,43+,44+,45?,46+,47+,48+/m1/s1. The van der Waals surface area contributed by atoms with E-state index in [0.29, 0.717) is 0 Å². The fourth-order valence-corrected chi connectivity index (χ4v) is 11.4. The number of ether oxygens (including phenoxy) is 15. The molecule has 0 bridgehead atoms. The molecule has 8 aliphatic rings. The van der Waals surface area contributed by atoms with Crippen LogP contribution < -0.4 is 11.5 Å². The molecule has 8 heterocycles. The van der Waals surface area contributed by atoms with Gasteiger partial charge in [0.25, 0.3) is 0 Å². The van der Waals surface area contributed by atoms with E-state index in [1.165, 1.54) is 13.8 Å². The number of aliphatic hydroxyl groups excluding tert-OH is 22. The number of hydrogen-bond donors (Lipinski definition) is 24. The summed E-state index contributed by atoms with van der Waals surface area (Å²) >= 11 is 0. The Morgan fingerprint density at radius 1 is 0.264 bits per heavy atom. The maximum Gasteiger partial charge on any atom is 0.187 e. The van der Waals surface area contributed by atoms with E-state index < -0.39 is 285 Å². The quantitative estimate of drug-likeness (QED) is 0.0538. The van der Waals surface area contributed by atoms with Crippen molar-refractivity contribution in [3.63, 3.8) is 0 Å². The second kappa shape index (κ2) is 30.2. The largest absolute Gasteiger partial charge is 0.394 e. The Kier molecular flexibility index (Phi) is 24.8. The molecule has 8 fully saturated rings. The van der Waals surface area contributed by atoms with Crippen LogP contribution in [0.5, 0.6) is 0 Å². The highest BCUT2D eigenvalue weighted by atomic mass is 16.8. The Labute approximate surface area is 493 Å². The lowest BCUT2D eigenvalue weighted by molar-refractivity contribution is -0.393. The highest BCUT2D eigenvalue weighted by molar-refractivity contribution is 5.03. The van der Waals surface area contributed by atoms with Gasteiger partial charge in [-0.05, 0) is 13.8 Å². The summed E-state index contributed by atoms with van der Waals surface area (Å²) in [6.45, 7) is -3.35. The van der Waals surface area contributed by atoms with Crippen LogP contribution in [0.3, 0.4) is 0 Å². The summed E-state index contributed by atoms with van der Waals surface area (Å²) in [6.07, 6.45) is -71.9. The highest BCUT2D eigenvalue weighted by Gasteiger charge is 2.59. The third-order valence-corrected chi connectivity index (χ3v) is 16.7. The molecule has 39 nitrogen and oxygen atoms in total. The van der Waals surface area contributed by atoms with Gasteiger partial charge in [-0.15, -0.1) is 0 Å². The van der Waals surface area contributed by atoms with Crippen molar-refractivity contribution in [2.24, 2.45) is 11.5 Å². The molecular formula is C48H84N2O37. The molecule has 0 saturated carbocycles. The molecule has 0 aromatic heterocycles. The number of nitrogens with two attached hydrogens (primary N) is 2. The van der Waals surface area contributed by atoms with E-state index in [1.54, 1.807) is 0 Å². The first kappa shape index (κ1) is 71.3. The van der Waals surface area contributed by atoms with Crippen LogP contribution in [0, 0.1) is 0 Å². The van der Waals surface area contributed by atoms with Crippen molar-refractivity contribution < 1.29 is 183 Å². The highest BCUT2D eigenvalue weighted by Crippen LogP contribution is 2.39. The molecule has 508 valence electrons. The number of aliphatic hydroxyl groups is 22. The molecule has 0 aliphatic carbocycles. The first-order chi connectivity index (χ1) is 41.1. The molecule has 25 unspecified atom stereocenters. The Hall–Kier alpha value is -1.56.